The molecule has 1 saturated heterocycles. The maximum absolute atomic E-state index is 5.71. The number of para-hydroxylation sites is 2. The number of ether oxygens (including phenoxy) is 3. The van der Waals surface area contributed by atoms with Crippen LogP contribution in [0.25, 0.3) is 0 Å². The molecular formula is C29H43N3O3. The van der Waals surface area contributed by atoms with E-state index in [0.717, 1.165) is 75.1 Å². The number of rotatable bonds is 13. The predicted octanol–water partition coefficient (Wildman–Crippen LogP) is 5.65. The second kappa shape index (κ2) is 13.3. The SMILES string of the molecule is C=C(OC)C(CCCNc1ccc(CN2CCN(c3ccccc3OC)CC2)cc1OC)C(C)C. The zero-order chi connectivity index (χ0) is 25.2. The largest absolute Gasteiger partial charge is 0.501 e. The van der Waals surface area contributed by atoms with Gasteiger partial charge < -0.3 is 24.4 Å². The van der Waals surface area contributed by atoms with Crippen LogP contribution in [0.2, 0.25) is 0 Å². The Morgan fingerprint density at radius 3 is 2.34 bits per heavy atom. The van der Waals surface area contributed by atoms with Gasteiger partial charge in [-0.25, -0.2) is 0 Å². The number of anilines is 2. The van der Waals surface area contributed by atoms with Gasteiger partial charge in [-0.2, -0.15) is 0 Å². The van der Waals surface area contributed by atoms with Crippen LogP contribution >= 0.6 is 0 Å². The number of methoxy groups -OCH3 is 3. The van der Waals surface area contributed by atoms with Gasteiger partial charge in [0.05, 0.1) is 38.5 Å². The molecule has 1 aliphatic rings. The third-order valence-electron chi connectivity index (χ3n) is 6.96. The summed E-state index contributed by atoms with van der Waals surface area (Å²) in [6.45, 7) is 14.3. The van der Waals surface area contributed by atoms with Gasteiger partial charge in [0.15, 0.2) is 0 Å². The lowest BCUT2D eigenvalue weighted by Gasteiger charge is -2.36. The lowest BCUT2D eigenvalue weighted by molar-refractivity contribution is 0.208. The van der Waals surface area contributed by atoms with Crippen molar-refractivity contribution in [1.29, 1.82) is 0 Å². The Balaban J connectivity index is 1.50. The van der Waals surface area contributed by atoms with E-state index in [-0.39, 0.29) is 0 Å². The number of hydrogen-bond acceptors (Lipinski definition) is 6. The zero-order valence-electron chi connectivity index (χ0n) is 22.2. The molecule has 0 amide bonds. The van der Waals surface area contributed by atoms with E-state index in [1.54, 1.807) is 21.3 Å². The fourth-order valence-corrected chi connectivity index (χ4v) is 4.84. The van der Waals surface area contributed by atoms with Crippen molar-refractivity contribution in [3.8, 4) is 11.5 Å². The molecule has 0 radical (unpaired) electrons. The second-order valence-corrected chi connectivity index (χ2v) is 9.56. The first-order chi connectivity index (χ1) is 17.0. The topological polar surface area (TPSA) is 46.2 Å². The summed E-state index contributed by atoms with van der Waals surface area (Å²) in [7, 11) is 5.19. The Hall–Kier alpha value is -2.86. The number of benzene rings is 2. The standard InChI is InChI=1S/C29H43N3O3/c1-22(2)25(23(3)33-4)10-9-15-30-26-14-13-24(20-29(26)35-6)21-31-16-18-32(19-17-31)27-11-7-8-12-28(27)34-5/h7-8,11-14,20,22,25,30H,3,9-10,15-19,21H2,1-2,4-6H3. The third-order valence-corrected chi connectivity index (χ3v) is 6.96. The van der Waals surface area contributed by atoms with E-state index in [0.29, 0.717) is 11.8 Å². The van der Waals surface area contributed by atoms with E-state index in [9.17, 15) is 0 Å². The van der Waals surface area contributed by atoms with Crippen molar-refractivity contribution in [2.75, 3.05) is 64.3 Å². The van der Waals surface area contributed by atoms with E-state index in [2.05, 4.69) is 65.9 Å². The van der Waals surface area contributed by atoms with Gasteiger partial charge in [0.1, 0.15) is 11.5 Å². The summed E-state index contributed by atoms with van der Waals surface area (Å²) in [5.74, 6) is 3.63. The first-order valence-corrected chi connectivity index (χ1v) is 12.7. The van der Waals surface area contributed by atoms with E-state index in [4.69, 9.17) is 14.2 Å². The van der Waals surface area contributed by atoms with Crippen molar-refractivity contribution in [1.82, 2.24) is 4.90 Å². The molecule has 0 aliphatic carbocycles. The third kappa shape index (κ3) is 7.31. The van der Waals surface area contributed by atoms with Crippen LogP contribution in [0.3, 0.4) is 0 Å². The van der Waals surface area contributed by atoms with Crippen molar-refractivity contribution in [3.05, 3.63) is 60.4 Å². The first kappa shape index (κ1) is 26.7. The van der Waals surface area contributed by atoms with Crippen LogP contribution in [0.1, 0.15) is 32.3 Å². The second-order valence-electron chi connectivity index (χ2n) is 9.56. The van der Waals surface area contributed by atoms with E-state index in [1.165, 1.54) is 11.3 Å². The number of piperazine rings is 1. The molecule has 6 heteroatoms. The minimum Gasteiger partial charge on any atom is -0.501 e. The van der Waals surface area contributed by atoms with Gasteiger partial charge in [0.2, 0.25) is 0 Å². The molecule has 1 N–H and O–H groups in total. The minimum atomic E-state index is 0.384. The summed E-state index contributed by atoms with van der Waals surface area (Å²) >= 11 is 0. The summed E-state index contributed by atoms with van der Waals surface area (Å²) in [4.78, 5) is 4.91. The van der Waals surface area contributed by atoms with Crippen molar-refractivity contribution in [3.63, 3.8) is 0 Å². The molecule has 0 spiro atoms. The Bertz CT molecular complexity index is 939. The van der Waals surface area contributed by atoms with Crippen molar-refractivity contribution >= 4 is 11.4 Å². The van der Waals surface area contributed by atoms with Crippen molar-refractivity contribution in [2.24, 2.45) is 11.8 Å². The molecule has 0 aromatic heterocycles. The fourth-order valence-electron chi connectivity index (χ4n) is 4.84. The number of allylic oxidation sites excluding steroid dienone is 1. The molecule has 2 aromatic carbocycles. The fraction of sp³-hybridized carbons (Fsp3) is 0.517. The van der Waals surface area contributed by atoms with Crippen LogP contribution in [-0.4, -0.2) is 59.0 Å². The summed E-state index contributed by atoms with van der Waals surface area (Å²) in [6, 6.07) is 14.8. The van der Waals surface area contributed by atoms with Crippen molar-refractivity contribution in [2.45, 2.75) is 33.2 Å². The molecule has 6 nitrogen and oxygen atoms in total. The number of nitrogens with zero attached hydrogens (tertiary/aromatic N) is 2. The number of hydrogen-bond donors (Lipinski definition) is 1. The van der Waals surface area contributed by atoms with E-state index >= 15 is 0 Å². The highest BCUT2D eigenvalue weighted by Crippen LogP contribution is 2.30. The van der Waals surface area contributed by atoms with Crippen LogP contribution in [0.15, 0.2) is 54.8 Å². The molecular weight excluding hydrogens is 438 g/mol. The molecule has 1 aliphatic heterocycles. The van der Waals surface area contributed by atoms with E-state index < -0.39 is 0 Å². The summed E-state index contributed by atoms with van der Waals surface area (Å²) in [5, 5.41) is 3.55. The van der Waals surface area contributed by atoms with Crippen LogP contribution in [-0.2, 0) is 11.3 Å². The Morgan fingerprint density at radius 2 is 1.69 bits per heavy atom. The van der Waals surface area contributed by atoms with Crippen LogP contribution in [0.4, 0.5) is 11.4 Å². The lowest BCUT2D eigenvalue weighted by Crippen LogP contribution is -2.46. The maximum Gasteiger partial charge on any atom is 0.142 e. The maximum atomic E-state index is 5.71. The van der Waals surface area contributed by atoms with E-state index in [1.807, 2.05) is 12.1 Å². The quantitative estimate of drug-likeness (QED) is 0.295. The highest BCUT2D eigenvalue weighted by Gasteiger charge is 2.20. The van der Waals surface area contributed by atoms with Gasteiger partial charge in [-0.05, 0) is 48.6 Å². The Labute approximate surface area is 211 Å². The smallest absolute Gasteiger partial charge is 0.142 e. The highest BCUT2D eigenvalue weighted by atomic mass is 16.5. The zero-order valence-corrected chi connectivity index (χ0v) is 22.2. The molecule has 1 atom stereocenters. The average molecular weight is 482 g/mol. The van der Waals surface area contributed by atoms with Crippen molar-refractivity contribution < 1.29 is 14.2 Å². The van der Waals surface area contributed by atoms with Gasteiger partial charge in [0.25, 0.3) is 0 Å². The van der Waals surface area contributed by atoms with Gasteiger partial charge in [-0.3, -0.25) is 4.90 Å². The molecule has 1 heterocycles. The summed E-state index contributed by atoms with van der Waals surface area (Å²) < 4.78 is 16.6. The summed E-state index contributed by atoms with van der Waals surface area (Å²) in [6.07, 6.45) is 2.10. The van der Waals surface area contributed by atoms with Gasteiger partial charge in [-0.15, -0.1) is 0 Å². The molecule has 0 saturated carbocycles. The van der Waals surface area contributed by atoms with Crippen LogP contribution in [0, 0.1) is 11.8 Å². The molecule has 3 rings (SSSR count). The monoisotopic (exact) mass is 481 g/mol. The predicted molar refractivity (Wildman–Crippen MR) is 146 cm³/mol. The Kier molecular flexibility index (Phi) is 10.2. The molecule has 2 aromatic rings. The summed E-state index contributed by atoms with van der Waals surface area (Å²) in [5.41, 5.74) is 3.50. The molecule has 1 fully saturated rings. The van der Waals surface area contributed by atoms with Gasteiger partial charge in [-0.1, -0.05) is 38.6 Å². The van der Waals surface area contributed by atoms with Gasteiger partial charge in [0, 0.05) is 45.2 Å². The Morgan fingerprint density at radius 1 is 0.971 bits per heavy atom. The normalized spacial score (nSPS) is 15.1. The van der Waals surface area contributed by atoms with Gasteiger partial charge >= 0.3 is 0 Å². The molecule has 192 valence electrons. The average Bonchev–Trinajstić information content (AvgIpc) is 2.89. The first-order valence-electron chi connectivity index (χ1n) is 12.7. The van der Waals surface area contributed by atoms with Crippen LogP contribution in [0.5, 0.6) is 11.5 Å². The molecule has 0 bridgehead atoms. The number of nitrogens with one attached hydrogen (secondary N) is 1. The highest BCUT2D eigenvalue weighted by molar-refractivity contribution is 5.59. The molecule has 1 unspecified atom stereocenters. The lowest BCUT2D eigenvalue weighted by atomic mass is 9.90. The minimum absolute atomic E-state index is 0.384. The van der Waals surface area contributed by atoms with Crippen LogP contribution < -0.4 is 19.7 Å². The molecule has 35 heavy (non-hydrogen) atoms.